The zero-order valence-corrected chi connectivity index (χ0v) is 12.1. The fourth-order valence-corrected chi connectivity index (χ4v) is 1.53. The van der Waals surface area contributed by atoms with Crippen LogP contribution in [-0.4, -0.2) is 17.1 Å². The molecule has 2 aromatic carbocycles. The Morgan fingerprint density at radius 1 is 0.762 bits per heavy atom. The number of aliphatic hydroxyl groups excluding tert-OH is 1. The first kappa shape index (κ1) is 17.2. The van der Waals surface area contributed by atoms with Gasteiger partial charge >= 0.3 is 7.82 Å². The molecule has 0 atom stereocenters. The Balaban J connectivity index is 0.00000106. The zero-order chi connectivity index (χ0) is 15.6. The SMILES string of the molecule is CO.O=P(O)(OOc1ccccc1)OOc1ccccc1. The predicted octanol–water partition coefficient (Wildman–Crippen LogP) is 2.72. The van der Waals surface area contributed by atoms with Gasteiger partial charge in [0.25, 0.3) is 0 Å². The number of rotatable bonds is 6. The molecule has 2 aromatic rings. The van der Waals surface area contributed by atoms with Crippen molar-refractivity contribution in [2.45, 2.75) is 0 Å². The summed E-state index contributed by atoms with van der Waals surface area (Å²) in [5, 5.41) is 7.00. The Labute approximate surface area is 121 Å². The molecule has 7 nitrogen and oxygen atoms in total. The van der Waals surface area contributed by atoms with Crippen LogP contribution in [0, 0.1) is 0 Å². The van der Waals surface area contributed by atoms with Crippen molar-refractivity contribution < 1.29 is 33.7 Å². The van der Waals surface area contributed by atoms with Gasteiger partial charge < -0.3 is 14.9 Å². The molecule has 2 rings (SSSR count). The Hall–Kier alpha value is -1.89. The lowest BCUT2D eigenvalue weighted by molar-refractivity contribution is -0.188. The molecule has 0 aliphatic carbocycles. The molecule has 0 radical (unpaired) electrons. The maximum Gasteiger partial charge on any atom is 0.544 e. The number of phosphoric acid groups is 1. The summed E-state index contributed by atoms with van der Waals surface area (Å²) in [7, 11) is -3.47. The van der Waals surface area contributed by atoms with Crippen molar-refractivity contribution in [3.63, 3.8) is 0 Å². The van der Waals surface area contributed by atoms with Crippen molar-refractivity contribution in [3.8, 4) is 11.5 Å². The molecule has 8 heteroatoms. The molecule has 21 heavy (non-hydrogen) atoms. The highest BCUT2D eigenvalue weighted by atomic mass is 31.2. The second-order valence-electron chi connectivity index (χ2n) is 3.41. The summed E-state index contributed by atoms with van der Waals surface area (Å²) in [6, 6.07) is 16.5. The van der Waals surface area contributed by atoms with Crippen LogP contribution >= 0.6 is 7.82 Å². The lowest BCUT2D eigenvalue weighted by Gasteiger charge is -2.10. The van der Waals surface area contributed by atoms with E-state index in [0.717, 1.165) is 7.11 Å². The fourth-order valence-electron chi connectivity index (χ4n) is 1.14. The lowest BCUT2D eigenvalue weighted by Crippen LogP contribution is -2.01. The van der Waals surface area contributed by atoms with Gasteiger partial charge in [-0.3, -0.25) is 4.89 Å². The second kappa shape index (κ2) is 9.12. The molecule has 0 aliphatic heterocycles. The quantitative estimate of drug-likeness (QED) is 0.481. The first-order valence-corrected chi connectivity index (χ1v) is 7.25. The highest BCUT2D eigenvalue weighted by Crippen LogP contribution is 2.43. The molecule has 0 bridgehead atoms. The van der Waals surface area contributed by atoms with Crippen LogP contribution in [0.5, 0.6) is 11.5 Å². The standard InChI is InChI=1S/C12H11O6P.CH4O/c13-19(14,17-15-11-7-3-1-4-8-11)18-16-12-9-5-2-6-10-12;1-2/h1-10H,(H,13,14);2H,1H3. The van der Waals surface area contributed by atoms with E-state index >= 15 is 0 Å². The van der Waals surface area contributed by atoms with Crippen molar-refractivity contribution >= 4 is 7.82 Å². The molecule has 0 aliphatic rings. The molecule has 0 spiro atoms. The van der Waals surface area contributed by atoms with Crippen molar-refractivity contribution in [1.29, 1.82) is 0 Å². The largest absolute Gasteiger partial charge is 0.544 e. The Morgan fingerprint density at radius 2 is 1.10 bits per heavy atom. The fraction of sp³-hybridized carbons (Fsp3) is 0.0769. The van der Waals surface area contributed by atoms with Crippen LogP contribution in [0.25, 0.3) is 0 Å². The maximum atomic E-state index is 11.4. The minimum absolute atomic E-state index is 0.264. The van der Waals surface area contributed by atoms with E-state index < -0.39 is 7.82 Å². The van der Waals surface area contributed by atoms with Gasteiger partial charge in [0.2, 0.25) is 0 Å². The van der Waals surface area contributed by atoms with E-state index in [2.05, 4.69) is 19.1 Å². The van der Waals surface area contributed by atoms with Gasteiger partial charge in [0, 0.05) is 7.11 Å². The summed E-state index contributed by atoms with van der Waals surface area (Å²) in [4.78, 5) is 18.6. The molecule has 0 aromatic heterocycles. The van der Waals surface area contributed by atoms with Crippen LogP contribution in [0.4, 0.5) is 0 Å². The van der Waals surface area contributed by atoms with Gasteiger partial charge in [0.15, 0.2) is 11.5 Å². The van der Waals surface area contributed by atoms with E-state index in [9.17, 15) is 9.46 Å². The van der Waals surface area contributed by atoms with Gasteiger partial charge in [-0.2, -0.15) is 0 Å². The third kappa shape index (κ3) is 6.89. The molecular weight excluding hydrogens is 299 g/mol. The molecule has 0 amide bonds. The topological polar surface area (TPSA) is 94.5 Å². The van der Waals surface area contributed by atoms with Crippen LogP contribution in [0.15, 0.2) is 60.7 Å². The molecule has 0 heterocycles. The van der Waals surface area contributed by atoms with E-state index in [1.165, 1.54) is 0 Å². The molecule has 0 saturated carbocycles. The highest BCUT2D eigenvalue weighted by Gasteiger charge is 2.26. The van der Waals surface area contributed by atoms with Crippen LogP contribution in [-0.2, 0) is 13.9 Å². The van der Waals surface area contributed by atoms with Gasteiger partial charge in [-0.15, -0.1) is 0 Å². The highest BCUT2D eigenvalue weighted by molar-refractivity contribution is 7.47. The molecule has 0 fully saturated rings. The van der Waals surface area contributed by atoms with Crippen LogP contribution in [0.1, 0.15) is 0 Å². The lowest BCUT2D eigenvalue weighted by atomic mass is 10.3. The number of hydrogen-bond donors (Lipinski definition) is 2. The summed E-state index contributed by atoms with van der Waals surface area (Å²) in [5.74, 6) is 0.528. The summed E-state index contributed by atoms with van der Waals surface area (Å²) in [5.41, 5.74) is 0. The minimum atomic E-state index is -4.47. The van der Waals surface area contributed by atoms with E-state index in [1.807, 2.05) is 0 Å². The number of hydrogen-bond acceptors (Lipinski definition) is 6. The van der Waals surface area contributed by atoms with E-state index in [1.54, 1.807) is 60.7 Å². The van der Waals surface area contributed by atoms with Gasteiger partial charge in [-0.25, -0.2) is 4.57 Å². The Morgan fingerprint density at radius 3 is 1.43 bits per heavy atom. The number of benzene rings is 2. The van der Waals surface area contributed by atoms with E-state index in [4.69, 9.17) is 5.11 Å². The smallest absolute Gasteiger partial charge is 0.400 e. The molecular formula is C13H15O7P. The third-order valence-electron chi connectivity index (χ3n) is 1.94. The zero-order valence-electron chi connectivity index (χ0n) is 11.2. The van der Waals surface area contributed by atoms with Gasteiger partial charge in [0.05, 0.1) is 0 Å². The normalized spacial score (nSPS) is 10.2. The summed E-state index contributed by atoms with van der Waals surface area (Å²) in [6.45, 7) is 0. The van der Waals surface area contributed by atoms with Crippen molar-refractivity contribution in [3.05, 3.63) is 60.7 Å². The van der Waals surface area contributed by atoms with Gasteiger partial charge in [-0.1, -0.05) is 45.7 Å². The van der Waals surface area contributed by atoms with Crippen LogP contribution < -0.4 is 9.78 Å². The van der Waals surface area contributed by atoms with Crippen LogP contribution in [0.3, 0.4) is 0 Å². The predicted molar refractivity (Wildman–Crippen MR) is 74.3 cm³/mol. The maximum absolute atomic E-state index is 11.4. The average molecular weight is 314 g/mol. The van der Waals surface area contributed by atoms with Crippen LogP contribution in [0.2, 0.25) is 0 Å². The monoisotopic (exact) mass is 314 g/mol. The molecule has 0 saturated heterocycles. The second-order valence-corrected chi connectivity index (χ2v) is 4.65. The Bertz CT molecular complexity index is 499. The van der Waals surface area contributed by atoms with Crippen molar-refractivity contribution in [2.24, 2.45) is 0 Å². The first-order valence-electron chi connectivity index (χ1n) is 5.76. The minimum Gasteiger partial charge on any atom is -0.400 e. The van der Waals surface area contributed by atoms with Crippen molar-refractivity contribution in [2.75, 3.05) is 7.11 Å². The van der Waals surface area contributed by atoms with Gasteiger partial charge in [-0.05, 0) is 24.3 Å². The van der Waals surface area contributed by atoms with Gasteiger partial charge in [0.1, 0.15) is 0 Å². The average Bonchev–Trinajstić information content (AvgIpc) is 2.55. The molecule has 114 valence electrons. The van der Waals surface area contributed by atoms with E-state index in [-0.39, 0.29) is 11.5 Å². The van der Waals surface area contributed by atoms with Crippen molar-refractivity contribution in [1.82, 2.24) is 0 Å². The van der Waals surface area contributed by atoms with E-state index in [0.29, 0.717) is 0 Å². The summed E-state index contributed by atoms with van der Waals surface area (Å²) in [6.07, 6.45) is 0. The first-order chi connectivity index (χ1) is 10.2. The summed E-state index contributed by atoms with van der Waals surface area (Å²) >= 11 is 0. The summed E-state index contributed by atoms with van der Waals surface area (Å²) < 4.78 is 20.0. The third-order valence-corrected chi connectivity index (χ3v) is 2.47. The molecule has 2 N–H and O–H groups in total. The number of para-hydroxylation sites is 2. The molecule has 0 unspecified atom stereocenters. The number of aliphatic hydroxyl groups is 1. The Kier molecular flexibility index (Phi) is 7.45.